The van der Waals surface area contributed by atoms with Gasteiger partial charge in [-0.3, -0.25) is 0 Å². The average Bonchev–Trinajstić information content (AvgIpc) is 2.93. The quantitative estimate of drug-likeness (QED) is 0.776. The van der Waals surface area contributed by atoms with Gasteiger partial charge in [0.25, 0.3) is 0 Å². The van der Waals surface area contributed by atoms with E-state index >= 15 is 0 Å². The lowest BCUT2D eigenvalue weighted by Gasteiger charge is -2.17. The molecular formula is C12H19N3. The number of rotatable bonds is 2. The SMILES string of the molecule is CC(C)c1cnc(C2CC3CCC2N3)[nH]1. The number of aromatic nitrogens is 2. The van der Waals surface area contributed by atoms with E-state index < -0.39 is 0 Å². The Labute approximate surface area is 90.7 Å². The van der Waals surface area contributed by atoms with Crippen LogP contribution in [-0.4, -0.2) is 22.1 Å². The van der Waals surface area contributed by atoms with Crippen molar-refractivity contribution < 1.29 is 0 Å². The monoisotopic (exact) mass is 205 g/mol. The number of nitrogens with one attached hydrogen (secondary N) is 2. The second kappa shape index (κ2) is 3.34. The Kier molecular flexibility index (Phi) is 2.09. The first-order valence-electron chi connectivity index (χ1n) is 6.05. The van der Waals surface area contributed by atoms with Gasteiger partial charge in [0, 0.05) is 29.9 Å². The molecule has 3 rings (SSSR count). The van der Waals surface area contributed by atoms with E-state index in [1.807, 2.05) is 6.20 Å². The van der Waals surface area contributed by atoms with Crippen LogP contribution < -0.4 is 5.32 Å². The molecule has 0 aliphatic carbocycles. The molecule has 2 bridgehead atoms. The van der Waals surface area contributed by atoms with Crippen LogP contribution in [0.25, 0.3) is 0 Å². The lowest BCUT2D eigenvalue weighted by molar-refractivity contribution is 0.489. The van der Waals surface area contributed by atoms with E-state index in [0.717, 1.165) is 6.04 Å². The molecule has 0 amide bonds. The molecule has 0 saturated carbocycles. The molecule has 3 heteroatoms. The van der Waals surface area contributed by atoms with Crippen LogP contribution in [0.2, 0.25) is 0 Å². The first-order chi connectivity index (χ1) is 7.24. The maximum Gasteiger partial charge on any atom is 0.110 e. The van der Waals surface area contributed by atoms with Crippen LogP contribution in [0.15, 0.2) is 6.20 Å². The number of nitrogens with zero attached hydrogens (tertiary/aromatic N) is 1. The maximum atomic E-state index is 4.54. The third kappa shape index (κ3) is 1.49. The van der Waals surface area contributed by atoms with Crippen molar-refractivity contribution in [1.82, 2.24) is 15.3 Å². The van der Waals surface area contributed by atoms with Crippen molar-refractivity contribution in [3.05, 3.63) is 17.7 Å². The lowest BCUT2D eigenvalue weighted by atomic mass is 9.89. The van der Waals surface area contributed by atoms with E-state index in [1.165, 1.54) is 30.8 Å². The van der Waals surface area contributed by atoms with Crippen LogP contribution in [0.5, 0.6) is 0 Å². The van der Waals surface area contributed by atoms with Crippen LogP contribution in [0.1, 0.15) is 56.5 Å². The predicted molar refractivity (Wildman–Crippen MR) is 60.0 cm³/mol. The molecule has 0 radical (unpaired) electrons. The van der Waals surface area contributed by atoms with Crippen molar-refractivity contribution in [2.24, 2.45) is 0 Å². The summed E-state index contributed by atoms with van der Waals surface area (Å²) in [6.07, 6.45) is 5.97. The highest BCUT2D eigenvalue weighted by Gasteiger charge is 2.41. The third-order valence-corrected chi connectivity index (χ3v) is 3.89. The van der Waals surface area contributed by atoms with E-state index in [4.69, 9.17) is 0 Å². The second-order valence-electron chi connectivity index (χ2n) is 5.27. The number of imidazole rings is 1. The Morgan fingerprint density at radius 2 is 2.27 bits per heavy atom. The van der Waals surface area contributed by atoms with Gasteiger partial charge in [0.2, 0.25) is 0 Å². The Morgan fingerprint density at radius 1 is 1.40 bits per heavy atom. The highest BCUT2D eigenvalue weighted by molar-refractivity contribution is 5.15. The zero-order chi connectivity index (χ0) is 10.4. The summed E-state index contributed by atoms with van der Waals surface area (Å²) in [5.74, 6) is 2.40. The summed E-state index contributed by atoms with van der Waals surface area (Å²) in [5, 5.41) is 3.65. The van der Waals surface area contributed by atoms with E-state index in [-0.39, 0.29) is 0 Å². The fraction of sp³-hybridized carbons (Fsp3) is 0.750. The molecule has 2 N–H and O–H groups in total. The van der Waals surface area contributed by atoms with Gasteiger partial charge in [-0.15, -0.1) is 0 Å². The van der Waals surface area contributed by atoms with Crippen LogP contribution in [-0.2, 0) is 0 Å². The van der Waals surface area contributed by atoms with Gasteiger partial charge in [-0.1, -0.05) is 13.8 Å². The lowest BCUT2D eigenvalue weighted by Crippen LogP contribution is -2.22. The molecule has 1 aromatic heterocycles. The van der Waals surface area contributed by atoms with E-state index in [1.54, 1.807) is 0 Å². The Bertz CT molecular complexity index is 356. The number of aromatic amines is 1. The number of hydrogen-bond donors (Lipinski definition) is 2. The Balaban J connectivity index is 1.81. The molecule has 2 fully saturated rings. The highest BCUT2D eigenvalue weighted by Crippen LogP contribution is 2.38. The van der Waals surface area contributed by atoms with Gasteiger partial charge in [-0.2, -0.15) is 0 Å². The van der Waals surface area contributed by atoms with Crippen molar-refractivity contribution >= 4 is 0 Å². The molecule has 0 spiro atoms. The standard InChI is InChI=1S/C12H19N3/c1-7(2)11-6-13-12(15-11)9-5-8-3-4-10(9)14-8/h6-10,14H,3-5H2,1-2H3,(H,13,15). The molecule has 15 heavy (non-hydrogen) atoms. The zero-order valence-corrected chi connectivity index (χ0v) is 9.46. The molecule has 2 aliphatic rings. The van der Waals surface area contributed by atoms with Crippen LogP contribution in [0.3, 0.4) is 0 Å². The van der Waals surface area contributed by atoms with Gasteiger partial charge in [-0.05, 0) is 25.2 Å². The van der Waals surface area contributed by atoms with E-state index in [2.05, 4.69) is 29.1 Å². The molecule has 3 unspecified atom stereocenters. The summed E-state index contributed by atoms with van der Waals surface area (Å²) in [5.41, 5.74) is 1.27. The molecule has 3 heterocycles. The summed E-state index contributed by atoms with van der Waals surface area (Å²) in [4.78, 5) is 8.03. The van der Waals surface area contributed by atoms with Gasteiger partial charge < -0.3 is 10.3 Å². The van der Waals surface area contributed by atoms with Gasteiger partial charge in [-0.25, -0.2) is 4.98 Å². The third-order valence-electron chi connectivity index (χ3n) is 3.89. The summed E-state index contributed by atoms with van der Waals surface area (Å²) >= 11 is 0. The van der Waals surface area contributed by atoms with Crippen LogP contribution in [0.4, 0.5) is 0 Å². The second-order valence-corrected chi connectivity index (χ2v) is 5.27. The number of hydrogen-bond acceptors (Lipinski definition) is 2. The number of H-pyrrole nitrogens is 1. The molecule has 2 aliphatic heterocycles. The van der Waals surface area contributed by atoms with Crippen molar-refractivity contribution in [1.29, 1.82) is 0 Å². The van der Waals surface area contributed by atoms with Crippen molar-refractivity contribution in [3.8, 4) is 0 Å². The largest absolute Gasteiger partial charge is 0.345 e. The van der Waals surface area contributed by atoms with Crippen molar-refractivity contribution in [3.63, 3.8) is 0 Å². The van der Waals surface area contributed by atoms with Crippen molar-refractivity contribution in [2.45, 2.75) is 57.0 Å². The fourth-order valence-corrected chi connectivity index (χ4v) is 2.96. The van der Waals surface area contributed by atoms with Crippen LogP contribution >= 0.6 is 0 Å². The van der Waals surface area contributed by atoms with Gasteiger partial charge in [0.1, 0.15) is 5.82 Å². The predicted octanol–water partition coefficient (Wildman–Crippen LogP) is 2.14. The summed E-state index contributed by atoms with van der Waals surface area (Å²) in [7, 11) is 0. The molecule has 2 saturated heterocycles. The van der Waals surface area contributed by atoms with Gasteiger partial charge in [0.15, 0.2) is 0 Å². The minimum Gasteiger partial charge on any atom is -0.345 e. The van der Waals surface area contributed by atoms with Crippen LogP contribution in [0, 0.1) is 0 Å². The normalized spacial score (nSPS) is 34.2. The fourth-order valence-electron chi connectivity index (χ4n) is 2.96. The Hall–Kier alpha value is -0.830. The maximum absolute atomic E-state index is 4.54. The molecular weight excluding hydrogens is 186 g/mol. The van der Waals surface area contributed by atoms with Gasteiger partial charge in [0.05, 0.1) is 0 Å². The highest BCUT2D eigenvalue weighted by atomic mass is 15.1. The summed E-state index contributed by atoms with van der Waals surface area (Å²) < 4.78 is 0. The smallest absolute Gasteiger partial charge is 0.110 e. The van der Waals surface area contributed by atoms with E-state index in [9.17, 15) is 0 Å². The summed E-state index contributed by atoms with van der Waals surface area (Å²) in [6, 6.07) is 1.44. The summed E-state index contributed by atoms with van der Waals surface area (Å²) in [6.45, 7) is 4.41. The molecule has 82 valence electrons. The zero-order valence-electron chi connectivity index (χ0n) is 9.46. The Morgan fingerprint density at radius 3 is 2.80 bits per heavy atom. The van der Waals surface area contributed by atoms with Gasteiger partial charge >= 0.3 is 0 Å². The molecule has 0 aromatic carbocycles. The van der Waals surface area contributed by atoms with Crippen molar-refractivity contribution in [2.75, 3.05) is 0 Å². The minimum absolute atomic E-state index is 0.554. The van der Waals surface area contributed by atoms with E-state index in [0.29, 0.717) is 17.9 Å². The first-order valence-corrected chi connectivity index (χ1v) is 6.05. The minimum atomic E-state index is 0.554. The molecule has 3 atom stereocenters. The molecule has 1 aromatic rings. The number of fused-ring (bicyclic) bond motifs is 2. The molecule has 3 nitrogen and oxygen atoms in total. The average molecular weight is 205 g/mol. The first kappa shape index (κ1) is 9.40. The topological polar surface area (TPSA) is 40.7 Å².